The molecule has 3 aromatic rings. The van der Waals surface area contributed by atoms with Crippen LogP contribution in [0.4, 0.5) is 0 Å². The maximum absolute atomic E-state index is 4.21. The average molecular weight is 338 g/mol. The largest absolute Gasteiger partial charge is 0.150 e. The van der Waals surface area contributed by atoms with Gasteiger partial charge in [0.15, 0.2) is 0 Å². The smallest absolute Gasteiger partial charge is 0.0948 e. The van der Waals surface area contributed by atoms with E-state index in [1.165, 1.54) is 0 Å². The van der Waals surface area contributed by atoms with Gasteiger partial charge >= 0.3 is 0 Å². The lowest BCUT2D eigenvalue weighted by Crippen LogP contribution is -1.88. The number of halogens is 2. The molecule has 0 atom stereocenters. The molecule has 0 bridgehead atoms. The summed E-state index contributed by atoms with van der Waals surface area (Å²) in [5.74, 6) is 0. The molecule has 0 unspecified atom stereocenters. The van der Waals surface area contributed by atoms with E-state index in [1.54, 1.807) is 0 Å². The predicted octanol–water partition coefficient (Wildman–Crippen LogP) is 4.31. The van der Waals surface area contributed by atoms with Crippen LogP contribution in [0.15, 0.2) is 45.3 Å². The van der Waals surface area contributed by atoms with E-state index in [0.717, 1.165) is 30.8 Å². The molecule has 0 radical (unpaired) electrons. The molecule has 0 aliphatic rings. The van der Waals surface area contributed by atoms with Gasteiger partial charge < -0.3 is 0 Å². The van der Waals surface area contributed by atoms with Crippen molar-refractivity contribution in [2.45, 2.75) is 0 Å². The zero-order valence-corrected chi connectivity index (χ0v) is 11.3. The van der Waals surface area contributed by atoms with Crippen LogP contribution in [-0.2, 0) is 0 Å². The van der Waals surface area contributed by atoms with E-state index < -0.39 is 0 Å². The molecule has 16 heavy (non-hydrogen) atoms. The zero-order chi connectivity index (χ0) is 11.1. The first-order valence-corrected chi connectivity index (χ1v) is 6.35. The highest BCUT2D eigenvalue weighted by molar-refractivity contribution is 9.13. The van der Waals surface area contributed by atoms with Crippen LogP contribution in [-0.4, -0.2) is 10.2 Å². The summed E-state index contributed by atoms with van der Waals surface area (Å²) in [6.07, 6.45) is 0. The fourth-order valence-corrected chi connectivity index (χ4v) is 2.64. The minimum absolute atomic E-state index is 0.897. The van der Waals surface area contributed by atoms with Crippen molar-refractivity contribution in [2.75, 3.05) is 0 Å². The second-order valence-electron chi connectivity index (χ2n) is 3.47. The number of benzene rings is 2. The van der Waals surface area contributed by atoms with Gasteiger partial charge in [0, 0.05) is 19.7 Å². The SMILES string of the molecule is Brc1ccc2nnc3ccccc3c2c1Br. The fourth-order valence-electron chi connectivity index (χ4n) is 1.76. The Kier molecular flexibility index (Phi) is 2.41. The highest BCUT2D eigenvalue weighted by Gasteiger charge is 2.08. The quantitative estimate of drug-likeness (QED) is 0.571. The van der Waals surface area contributed by atoms with Crippen molar-refractivity contribution in [3.8, 4) is 0 Å². The molecule has 0 aliphatic heterocycles. The molecule has 2 aromatic carbocycles. The number of hydrogen-bond donors (Lipinski definition) is 0. The van der Waals surface area contributed by atoms with Crippen LogP contribution >= 0.6 is 31.9 Å². The van der Waals surface area contributed by atoms with Crippen molar-refractivity contribution >= 4 is 53.7 Å². The topological polar surface area (TPSA) is 25.8 Å². The molecule has 0 spiro atoms. The molecule has 0 amide bonds. The lowest BCUT2D eigenvalue weighted by Gasteiger charge is -2.05. The van der Waals surface area contributed by atoms with Gasteiger partial charge in [0.25, 0.3) is 0 Å². The van der Waals surface area contributed by atoms with Crippen molar-refractivity contribution in [1.82, 2.24) is 10.2 Å². The molecule has 1 aromatic heterocycles. The Morgan fingerprint density at radius 2 is 1.56 bits per heavy atom. The summed E-state index contributed by atoms with van der Waals surface area (Å²) in [4.78, 5) is 0. The van der Waals surface area contributed by atoms with Crippen LogP contribution < -0.4 is 0 Å². The van der Waals surface area contributed by atoms with Crippen molar-refractivity contribution in [3.63, 3.8) is 0 Å². The standard InChI is InChI=1S/C12H6Br2N2/c13-8-5-6-10-11(12(8)14)7-3-1-2-4-9(7)15-16-10/h1-6H. The molecule has 0 saturated heterocycles. The number of rotatable bonds is 0. The van der Waals surface area contributed by atoms with Crippen LogP contribution in [0.1, 0.15) is 0 Å². The summed E-state index contributed by atoms with van der Waals surface area (Å²) >= 11 is 7.09. The molecule has 0 aliphatic carbocycles. The second-order valence-corrected chi connectivity index (χ2v) is 5.12. The first-order valence-electron chi connectivity index (χ1n) is 4.76. The molecule has 3 rings (SSSR count). The minimum atomic E-state index is 0.897. The molecule has 0 N–H and O–H groups in total. The maximum Gasteiger partial charge on any atom is 0.0948 e. The Labute approximate surface area is 109 Å². The molecule has 78 valence electrons. The van der Waals surface area contributed by atoms with E-state index in [9.17, 15) is 0 Å². The monoisotopic (exact) mass is 336 g/mol. The lowest BCUT2D eigenvalue weighted by molar-refractivity contribution is 1.12. The Bertz CT molecular complexity index is 695. The zero-order valence-electron chi connectivity index (χ0n) is 8.11. The van der Waals surface area contributed by atoms with Gasteiger partial charge in [-0.3, -0.25) is 0 Å². The normalized spacial score (nSPS) is 11.1. The van der Waals surface area contributed by atoms with Crippen molar-refractivity contribution < 1.29 is 0 Å². The maximum atomic E-state index is 4.21. The molecule has 2 nitrogen and oxygen atoms in total. The van der Waals surface area contributed by atoms with Crippen LogP contribution in [0, 0.1) is 0 Å². The third-order valence-corrected chi connectivity index (χ3v) is 4.53. The van der Waals surface area contributed by atoms with Gasteiger partial charge in [-0.2, -0.15) is 0 Å². The highest BCUT2D eigenvalue weighted by atomic mass is 79.9. The van der Waals surface area contributed by atoms with Gasteiger partial charge in [0.05, 0.1) is 11.0 Å². The summed E-state index contributed by atoms with van der Waals surface area (Å²) in [7, 11) is 0. The first kappa shape index (κ1) is 10.2. The summed E-state index contributed by atoms with van der Waals surface area (Å²) in [6.45, 7) is 0. The van der Waals surface area contributed by atoms with Gasteiger partial charge in [-0.25, -0.2) is 0 Å². The number of aromatic nitrogens is 2. The number of nitrogens with zero attached hydrogens (tertiary/aromatic N) is 2. The van der Waals surface area contributed by atoms with E-state index in [0.29, 0.717) is 0 Å². The van der Waals surface area contributed by atoms with Gasteiger partial charge in [-0.1, -0.05) is 18.2 Å². The third-order valence-electron chi connectivity index (χ3n) is 2.51. The molecular formula is C12H6Br2N2. The summed E-state index contributed by atoms with van der Waals surface area (Å²) < 4.78 is 2.05. The Morgan fingerprint density at radius 3 is 2.44 bits per heavy atom. The number of fused-ring (bicyclic) bond motifs is 3. The molecule has 0 saturated carbocycles. The van der Waals surface area contributed by atoms with Crippen LogP contribution in [0.5, 0.6) is 0 Å². The van der Waals surface area contributed by atoms with E-state index >= 15 is 0 Å². The second kappa shape index (κ2) is 3.79. The van der Waals surface area contributed by atoms with Gasteiger partial charge in [-0.15, -0.1) is 10.2 Å². The summed E-state index contributed by atoms with van der Waals surface area (Å²) in [6, 6.07) is 11.9. The molecule has 4 heteroatoms. The third kappa shape index (κ3) is 1.44. The van der Waals surface area contributed by atoms with E-state index in [4.69, 9.17) is 0 Å². The Hall–Kier alpha value is -1.00. The first-order chi connectivity index (χ1) is 7.77. The van der Waals surface area contributed by atoms with Crippen LogP contribution in [0.2, 0.25) is 0 Å². The molecule has 0 fully saturated rings. The Morgan fingerprint density at radius 1 is 0.812 bits per heavy atom. The average Bonchev–Trinajstić information content (AvgIpc) is 2.33. The molecule has 1 heterocycles. The minimum Gasteiger partial charge on any atom is -0.150 e. The van der Waals surface area contributed by atoms with Gasteiger partial charge in [0.2, 0.25) is 0 Å². The van der Waals surface area contributed by atoms with Crippen LogP contribution in [0.25, 0.3) is 21.8 Å². The Balaban J connectivity index is 2.63. The summed E-state index contributed by atoms with van der Waals surface area (Å²) in [5.41, 5.74) is 1.81. The van der Waals surface area contributed by atoms with E-state index in [1.807, 2.05) is 30.3 Å². The van der Waals surface area contributed by atoms with E-state index in [-0.39, 0.29) is 0 Å². The van der Waals surface area contributed by atoms with Crippen molar-refractivity contribution in [2.24, 2.45) is 0 Å². The lowest BCUT2D eigenvalue weighted by atomic mass is 10.1. The predicted molar refractivity (Wildman–Crippen MR) is 72.4 cm³/mol. The van der Waals surface area contributed by atoms with Crippen molar-refractivity contribution in [1.29, 1.82) is 0 Å². The fraction of sp³-hybridized carbons (Fsp3) is 0. The number of hydrogen-bond acceptors (Lipinski definition) is 2. The van der Waals surface area contributed by atoms with E-state index in [2.05, 4.69) is 48.1 Å². The molecular weight excluding hydrogens is 332 g/mol. The van der Waals surface area contributed by atoms with Crippen LogP contribution in [0.3, 0.4) is 0 Å². The highest BCUT2D eigenvalue weighted by Crippen LogP contribution is 2.34. The summed E-state index contributed by atoms with van der Waals surface area (Å²) in [5, 5.41) is 10.6. The van der Waals surface area contributed by atoms with Gasteiger partial charge in [-0.05, 0) is 50.1 Å². The van der Waals surface area contributed by atoms with Crippen molar-refractivity contribution in [3.05, 3.63) is 45.3 Å². The van der Waals surface area contributed by atoms with Gasteiger partial charge in [0.1, 0.15) is 0 Å².